The molecule has 3 heterocycles. The van der Waals surface area contributed by atoms with E-state index in [0.717, 1.165) is 30.0 Å². The van der Waals surface area contributed by atoms with Gasteiger partial charge in [-0.15, -0.1) is 11.3 Å². The molecule has 1 amide bonds. The summed E-state index contributed by atoms with van der Waals surface area (Å²) in [6.07, 6.45) is 10.2. The lowest BCUT2D eigenvalue weighted by molar-refractivity contribution is 0.0928. The van der Waals surface area contributed by atoms with Crippen LogP contribution in [0.15, 0.2) is 40.8 Å². The van der Waals surface area contributed by atoms with Gasteiger partial charge in [0, 0.05) is 23.8 Å². The molecule has 6 nitrogen and oxygen atoms in total. The highest BCUT2D eigenvalue weighted by Gasteiger charge is 2.30. The van der Waals surface area contributed by atoms with Crippen molar-refractivity contribution in [3.63, 3.8) is 0 Å². The van der Waals surface area contributed by atoms with Crippen LogP contribution in [0.2, 0.25) is 0 Å². The third-order valence-electron chi connectivity index (χ3n) is 4.44. The van der Waals surface area contributed by atoms with Crippen molar-refractivity contribution >= 4 is 17.2 Å². The van der Waals surface area contributed by atoms with Crippen molar-refractivity contribution in [2.75, 3.05) is 0 Å². The fraction of sp³-hybridized carbons (Fsp3) is 0.353. The first-order valence-corrected chi connectivity index (χ1v) is 8.88. The largest absolute Gasteiger partial charge is 0.462 e. The van der Waals surface area contributed by atoms with E-state index in [0.29, 0.717) is 11.3 Å². The Hall–Kier alpha value is -2.41. The Morgan fingerprint density at radius 3 is 3.12 bits per heavy atom. The second-order valence-electron chi connectivity index (χ2n) is 6.04. The quantitative estimate of drug-likeness (QED) is 0.788. The number of nitrogens with zero attached hydrogens (tertiary/aromatic N) is 3. The average molecular weight is 342 g/mol. The molecule has 3 aromatic rings. The number of aromatic nitrogens is 3. The smallest absolute Gasteiger partial charge is 0.254 e. The van der Waals surface area contributed by atoms with Gasteiger partial charge >= 0.3 is 0 Å². The third kappa shape index (κ3) is 2.87. The van der Waals surface area contributed by atoms with Crippen LogP contribution >= 0.6 is 11.3 Å². The zero-order valence-corrected chi connectivity index (χ0v) is 14.1. The molecule has 0 aromatic carbocycles. The number of hydrogen-bond acceptors (Lipinski definition) is 5. The fourth-order valence-corrected chi connectivity index (χ4v) is 3.85. The fourth-order valence-electron chi connectivity index (χ4n) is 3.25. The van der Waals surface area contributed by atoms with E-state index < -0.39 is 0 Å². The molecule has 0 bridgehead atoms. The number of thiazole rings is 1. The maximum atomic E-state index is 12.6. The molecule has 0 radical (unpaired) electrons. The van der Waals surface area contributed by atoms with E-state index in [2.05, 4.69) is 19.9 Å². The van der Waals surface area contributed by atoms with Crippen LogP contribution in [-0.4, -0.2) is 26.5 Å². The maximum Gasteiger partial charge on any atom is 0.254 e. The van der Waals surface area contributed by atoms with Gasteiger partial charge in [0.05, 0.1) is 22.9 Å². The van der Waals surface area contributed by atoms with Crippen molar-refractivity contribution in [2.45, 2.75) is 38.3 Å². The second kappa shape index (κ2) is 6.24. The van der Waals surface area contributed by atoms with E-state index >= 15 is 0 Å². The van der Waals surface area contributed by atoms with Crippen LogP contribution in [-0.2, 0) is 0 Å². The zero-order valence-electron chi connectivity index (χ0n) is 13.3. The first kappa shape index (κ1) is 15.1. The number of imidazole rings is 1. The summed E-state index contributed by atoms with van der Waals surface area (Å²) >= 11 is 1.56. The van der Waals surface area contributed by atoms with E-state index in [-0.39, 0.29) is 18.0 Å². The highest BCUT2D eigenvalue weighted by atomic mass is 32.1. The topological polar surface area (TPSA) is 73.0 Å². The number of nitrogens with one attached hydrogen (secondary N) is 1. The predicted octanol–water partition coefficient (Wildman–Crippen LogP) is 3.43. The van der Waals surface area contributed by atoms with Crippen LogP contribution in [0.25, 0.3) is 11.5 Å². The number of rotatable bonds is 4. The molecule has 1 saturated carbocycles. The van der Waals surface area contributed by atoms with E-state index in [1.165, 1.54) is 6.26 Å². The molecule has 24 heavy (non-hydrogen) atoms. The lowest BCUT2D eigenvalue weighted by Crippen LogP contribution is -2.37. The number of furan rings is 1. The minimum atomic E-state index is -0.103. The molecule has 0 spiro atoms. The first-order chi connectivity index (χ1) is 11.7. The number of aryl methyl sites for hydroxylation is 1. The molecule has 4 rings (SSSR count). The van der Waals surface area contributed by atoms with E-state index in [4.69, 9.17) is 4.42 Å². The molecule has 7 heteroatoms. The Morgan fingerprint density at radius 2 is 2.38 bits per heavy atom. The van der Waals surface area contributed by atoms with Crippen molar-refractivity contribution in [2.24, 2.45) is 0 Å². The van der Waals surface area contributed by atoms with Gasteiger partial charge < -0.3 is 14.3 Å². The Bertz CT molecular complexity index is 837. The summed E-state index contributed by atoms with van der Waals surface area (Å²) in [6.45, 7) is 1.95. The minimum absolute atomic E-state index is 0.103. The summed E-state index contributed by atoms with van der Waals surface area (Å²) in [5, 5.41) is 6.04. The highest BCUT2D eigenvalue weighted by Crippen LogP contribution is 2.30. The molecule has 3 aromatic heterocycles. The minimum Gasteiger partial charge on any atom is -0.462 e. The van der Waals surface area contributed by atoms with Crippen LogP contribution in [0.1, 0.15) is 40.7 Å². The third-order valence-corrected chi connectivity index (χ3v) is 5.21. The maximum absolute atomic E-state index is 12.6. The number of carbonyl (C=O) groups excluding carboxylic acids is 1. The summed E-state index contributed by atoms with van der Waals surface area (Å²) in [4.78, 5) is 21.0. The molecule has 1 aliphatic rings. The van der Waals surface area contributed by atoms with Gasteiger partial charge in [-0.25, -0.2) is 9.97 Å². The van der Waals surface area contributed by atoms with Gasteiger partial charge in [-0.1, -0.05) is 0 Å². The molecule has 1 fully saturated rings. The van der Waals surface area contributed by atoms with Crippen molar-refractivity contribution in [3.8, 4) is 11.5 Å². The number of carbonyl (C=O) groups is 1. The van der Waals surface area contributed by atoms with Crippen molar-refractivity contribution in [3.05, 3.63) is 47.0 Å². The van der Waals surface area contributed by atoms with Gasteiger partial charge in [0.1, 0.15) is 12.0 Å². The molecule has 0 unspecified atom stereocenters. The average Bonchev–Trinajstić information content (AvgIpc) is 3.34. The Balaban J connectivity index is 1.47. The van der Waals surface area contributed by atoms with Crippen LogP contribution < -0.4 is 5.32 Å². The second-order valence-corrected chi connectivity index (χ2v) is 7.10. The Labute approximate surface area is 143 Å². The molecule has 0 saturated heterocycles. The highest BCUT2D eigenvalue weighted by molar-refractivity contribution is 7.09. The molecule has 0 aliphatic heterocycles. The van der Waals surface area contributed by atoms with Crippen molar-refractivity contribution < 1.29 is 9.21 Å². The van der Waals surface area contributed by atoms with Gasteiger partial charge in [0.25, 0.3) is 5.91 Å². The van der Waals surface area contributed by atoms with Crippen LogP contribution in [0.5, 0.6) is 0 Å². The van der Waals surface area contributed by atoms with Gasteiger partial charge in [0.15, 0.2) is 5.76 Å². The van der Waals surface area contributed by atoms with Gasteiger partial charge in [-0.05, 0) is 32.3 Å². The standard InChI is InChI=1S/C17H18N4O2S/c1-11-19-14(9-24-11)16-7-12(8-23-16)17(22)20-13-3-2-4-15(13)21-6-5-18-10-21/h5-10,13,15H,2-4H2,1H3,(H,20,22)/t13-,15+/m0/s1. The molecule has 1 N–H and O–H groups in total. The van der Waals surface area contributed by atoms with Crippen LogP contribution in [0.3, 0.4) is 0 Å². The van der Waals surface area contributed by atoms with Crippen LogP contribution in [0.4, 0.5) is 0 Å². The summed E-state index contributed by atoms with van der Waals surface area (Å²) < 4.78 is 7.60. The monoisotopic (exact) mass is 342 g/mol. The molecule has 2 atom stereocenters. The normalized spacial score (nSPS) is 20.4. The summed E-state index contributed by atoms with van der Waals surface area (Å²) in [5.74, 6) is 0.524. The summed E-state index contributed by atoms with van der Waals surface area (Å²) in [5.41, 5.74) is 1.31. The molecule has 124 valence electrons. The molecular weight excluding hydrogens is 324 g/mol. The van der Waals surface area contributed by atoms with Crippen LogP contribution in [0, 0.1) is 6.92 Å². The number of amides is 1. The zero-order chi connectivity index (χ0) is 16.5. The van der Waals surface area contributed by atoms with E-state index in [9.17, 15) is 4.79 Å². The lowest BCUT2D eigenvalue weighted by Gasteiger charge is -2.21. The van der Waals surface area contributed by atoms with Gasteiger partial charge in [-0.2, -0.15) is 0 Å². The number of hydrogen-bond donors (Lipinski definition) is 1. The molecule has 1 aliphatic carbocycles. The van der Waals surface area contributed by atoms with Gasteiger partial charge in [0.2, 0.25) is 0 Å². The predicted molar refractivity (Wildman–Crippen MR) is 90.9 cm³/mol. The van der Waals surface area contributed by atoms with Crippen molar-refractivity contribution in [1.82, 2.24) is 19.9 Å². The lowest BCUT2D eigenvalue weighted by atomic mass is 10.1. The Kier molecular flexibility index (Phi) is 3.93. The van der Waals surface area contributed by atoms with Gasteiger partial charge in [-0.3, -0.25) is 4.79 Å². The Morgan fingerprint density at radius 1 is 1.46 bits per heavy atom. The SMILES string of the molecule is Cc1nc(-c2cc(C(=O)N[C@H]3CCC[C@H]3n3ccnc3)co2)cs1. The van der Waals surface area contributed by atoms with E-state index in [1.807, 2.05) is 24.8 Å². The summed E-state index contributed by atoms with van der Waals surface area (Å²) in [6, 6.07) is 2.14. The molecular formula is C17H18N4O2S. The van der Waals surface area contributed by atoms with Crippen molar-refractivity contribution in [1.29, 1.82) is 0 Å². The van der Waals surface area contributed by atoms with E-state index in [1.54, 1.807) is 23.6 Å². The summed E-state index contributed by atoms with van der Waals surface area (Å²) in [7, 11) is 0. The first-order valence-electron chi connectivity index (χ1n) is 8.00.